The Morgan fingerprint density at radius 3 is 2.21 bits per heavy atom. The first kappa shape index (κ1) is 16.7. The van der Waals surface area contributed by atoms with Crippen LogP contribution >= 0.6 is 0 Å². The van der Waals surface area contributed by atoms with Gasteiger partial charge in [-0.1, -0.05) is 56.0 Å². The van der Waals surface area contributed by atoms with E-state index in [1.165, 1.54) is 44.1 Å². The number of nitrogens with one attached hydrogen (secondary N) is 2. The first-order valence-corrected chi connectivity index (χ1v) is 9.00. The SMILES string of the molecule is O=C(Nc1ccc(CNC2CCCCCC2)cc1)c1ccccc1. The Labute approximate surface area is 144 Å². The summed E-state index contributed by atoms with van der Waals surface area (Å²) >= 11 is 0. The van der Waals surface area contributed by atoms with Gasteiger partial charge in [0.1, 0.15) is 0 Å². The van der Waals surface area contributed by atoms with Gasteiger partial charge in [-0.05, 0) is 42.7 Å². The molecule has 1 amide bonds. The maximum atomic E-state index is 12.1. The van der Waals surface area contributed by atoms with Crippen molar-refractivity contribution in [3.8, 4) is 0 Å². The van der Waals surface area contributed by atoms with E-state index in [9.17, 15) is 4.79 Å². The third kappa shape index (κ3) is 4.93. The van der Waals surface area contributed by atoms with E-state index in [0.29, 0.717) is 11.6 Å². The molecule has 0 spiro atoms. The molecule has 0 atom stereocenters. The lowest BCUT2D eigenvalue weighted by molar-refractivity contribution is 0.102. The number of amides is 1. The molecule has 126 valence electrons. The van der Waals surface area contributed by atoms with Crippen LogP contribution in [0.25, 0.3) is 0 Å². The number of benzene rings is 2. The topological polar surface area (TPSA) is 41.1 Å². The molecule has 3 heteroatoms. The standard InChI is InChI=1S/C21H26N2O/c24-21(18-8-4-3-5-9-18)23-20-14-12-17(13-15-20)16-22-19-10-6-1-2-7-11-19/h3-5,8-9,12-15,19,22H,1-2,6-7,10-11,16H2,(H,23,24). The summed E-state index contributed by atoms with van der Waals surface area (Å²) in [5.74, 6) is -0.0695. The van der Waals surface area contributed by atoms with Gasteiger partial charge in [0.15, 0.2) is 0 Å². The van der Waals surface area contributed by atoms with Crippen LogP contribution in [0, 0.1) is 0 Å². The molecular formula is C21H26N2O. The zero-order chi connectivity index (χ0) is 16.6. The highest BCUT2D eigenvalue weighted by atomic mass is 16.1. The molecule has 0 saturated heterocycles. The normalized spacial score (nSPS) is 15.7. The number of anilines is 1. The second-order valence-corrected chi connectivity index (χ2v) is 6.59. The third-order valence-corrected chi connectivity index (χ3v) is 4.70. The summed E-state index contributed by atoms with van der Waals surface area (Å²) in [6, 6.07) is 18.1. The van der Waals surface area contributed by atoms with Crippen molar-refractivity contribution in [2.24, 2.45) is 0 Å². The Kier molecular flexibility index (Phi) is 6.02. The predicted molar refractivity (Wildman–Crippen MR) is 99.2 cm³/mol. The van der Waals surface area contributed by atoms with Gasteiger partial charge < -0.3 is 10.6 Å². The lowest BCUT2D eigenvalue weighted by Crippen LogP contribution is -2.27. The van der Waals surface area contributed by atoms with Crippen molar-refractivity contribution in [2.75, 3.05) is 5.32 Å². The zero-order valence-electron chi connectivity index (χ0n) is 14.1. The Morgan fingerprint density at radius 2 is 1.54 bits per heavy atom. The van der Waals surface area contributed by atoms with Crippen LogP contribution in [0.3, 0.4) is 0 Å². The summed E-state index contributed by atoms with van der Waals surface area (Å²) in [7, 11) is 0. The third-order valence-electron chi connectivity index (χ3n) is 4.70. The molecule has 2 aromatic carbocycles. The van der Waals surface area contributed by atoms with E-state index < -0.39 is 0 Å². The van der Waals surface area contributed by atoms with Gasteiger partial charge in [0.2, 0.25) is 0 Å². The summed E-state index contributed by atoms with van der Waals surface area (Å²) in [4.78, 5) is 12.1. The summed E-state index contributed by atoms with van der Waals surface area (Å²) < 4.78 is 0. The van der Waals surface area contributed by atoms with Gasteiger partial charge in [0.25, 0.3) is 5.91 Å². The van der Waals surface area contributed by atoms with Gasteiger partial charge in [0, 0.05) is 23.8 Å². The van der Waals surface area contributed by atoms with Crippen LogP contribution in [0.5, 0.6) is 0 Å². The number of hydrogen-bond donors (Lipinski definition) is 2. The van der Waals surface area contributed by atoms with Crippen molar-refractivity contribution in [1.82, 2.24) is 5.32 Å². The smallest absolute Gasteiger partial charge is 0.255 e. The van der Waals surface area contributed by atoms with Gasteiger partial charge >= 0.3 is 0 Å². The first-order valence-electron chi connectivity index (χ1n) is 9.00. The van der Waals surface area contributed by atoms with E-state index in [1.807, 2.05) is 42.5 Å². The molecule has 3 rings (SSSR count). The summed E-state index contributed by atoms with van der Waals surface area (Å²) in [5.41, 5.74) is 2.77. The fraction of sp³-hybridized carbons (Fsp3) is 0.381. The summed E-state index contributed by atoms with van der Waals surface area (Å²) in [5, 5.41) is 6.62. The molecule has 0 unspecified atom stereocenters. The summed E-state index contributed by atoms with van der Waals surface area (Å²) in [6.45, 7) is 0.900. The average Bonchev–Trinajstić information content (AvgIpc) is 2.91. The van der Waals surface area contributed by atoms with Gasteiger partial charge in [-0.3, -0.25) is 4.79 Å². The minimum Gasteiger partial charge on any atom is -0.322 e. The van der Waals surface area contributed by atoms with Gasteiger partial charge in [-0.15, -0.1) is 0 Å². The number of carbonyl (C=O) groups is 1. The number of carbonyl (C=O) groups excluding carboxylic acids is 1. The largest absolute Gasteiger partial charge is 0.322 e. The number of rotatable bonds is 5. The highest BCUT2D eigenvalue weighted by Crippen LogP contribution is 2.18. The lowest BCUT2D eigenvalue weighted by atomic mass is 10.1. The van der Waals surface area contributed by atoms with Crippen LogP contribution in [-0.4, -0.2) is 11.9 Å². The maximum Gasteiger partial charge on any atom is 0.255 e. The zero-order valence-corrected chi connectivity index (χ0v) is 14.1. The second-order valence-electron chi connectivity index (χ2n) is 6.59. The molecule has 0 bridgehead atoms. The molecule has 1 aliphatic rings. The van der Waals surface area contributed by atoms with E-state index in [-0.39, 0.29) is 5.91 Å². The van der Waals surface area contributed by atoms with Crippen LogP contribution in [0.4, 0.5) is 5.69 Å². The van der Waals surface area contributed by atoms with Crippen LogP contribution in [0.2, 0.25) is 0 Å². The fourth-order valence-corrected chi connectivity index (χ4v) is 3.24. The monoisotopic (exact) mass is 322 g/mol. The van der Waals surface area contributed by atoms with Gasteiger partial charge in [-0.25, -0.2) is 0 Å². The van der Waals surface area contributed by atoms with Crippen LogP contribution in [-0.2, 0) is 6.54 Å². The van der Waals surface area contributed by atoms with E-state index in [2.05, 4.69) is 22.8 Å². The van der Waals surface area contributed by atoms with Crippen molar-refractivity contribution in [1.29, 1.82) is 0 Å². The molecule has 0 radical (unpaired) electrons. The Hall–Kier alpha value is -2.13. The van der Waals surface area contributed by atoms with Crippen molar-refractivity contribution < 1.29 is 4.79 Å². The molecule has 3 nitrogen and oxygen atoms in total. The van der Waals surface area contributed by atoms with E-state index >= 15 is 0 Å². The minimum absolute atomic E-state index is 0.0695. The van der Waals surface area contributed by atoms with E-state index in [0.717, 1.165) is 12.2 Å². The molecule has 2 aromatic rings. The van der Waals surface area contributed by atoms with Crippen LogP contribution in [0.1, 0.15) is 54.4 Å². The Balaban J connectivity index is 1.50. The highest BCUT2D eigenvalue weighted by Gasteiger charge is 2.11. The molecule has 1 aliphatic carbocycles. The minimum atomic E-state index is -0.0695. The van der Waals surface area contributed by atoms with Crippen molar-refractivity contribution in [2.45, 2.75) is 51.1 Å². The number of hydrogen-bond acceptors (Lipinski definition) is 2. The fourth-order valence-electron chi connectivity index (χ4n) is 3.24. The highest BCUT2D eigenvalue weighted by molar-refractivity contribution is 6.04. The quantitative estimate of drug-likeness (QED) is 0.780. The van der Waals surface area contributed by atoms with E-state index in [4.69, 9.17) is 0 Å². The Morgan fingerprint density at radius 1 is 0.875 bits per heavy atom. The maximum absolute atomic E-state index is 12.1. The molecular weight excluding hydrogens is 296 g/mol. The molecule has 1 saturated carbocycles. The van der Waals surface area contributed by atoms with Crippen molar-refractivity contribution in [3.63, 3.8) is 0 Å². The molecule has 0 aliphatic heterocycles. The summed E-state index contributed by atoms with van der Waals surface area (Å²) in [6.07, 6.45) is 8.06. The van der Waals surface area contributed by atoms with Crippen molar-refractivity contribution >= 4 is 11.6 Å². The molecule has 1 fully saturated rings. The molecule has 2 N–H and O–H groups in total. The van der Waals surface area contributed by atoms with Crippen LogP contribution < -0.4 is 10.6 Å². The van der Waals surface area contributed by atoms with Gasteiger partial charge in [-0.2, -0.15) is 0 Å². The van der Waals surface area contributed by atoms with Gasteiger partial charge in [0.05, 0.1) is 0 Å². The Bertz CT molecular complexity index is 629. The predicted octanol–water partition coefficient (Wildman–Crippen LogP) is 4.75. The molecule has 0 heterocycles. The lowest BCUT2D eigenvalue weighted by Gasteiger charge is -2.16. The first-order chi connectivity index (χ1) is 11.8. The average molecular weight is 322 g/mol. The van der Waals surface area contributed by atoms with Crippen molar-refractivity contribution in [3.05, 3.63) is 65.7 Å². The molecule has 24 heavy (non-hydrogen) atoms. The molecule has 0 aromatic heterocycles. The second kappa shape index (κ2) is 8.65. The van der Waals surface area contributed by atoms with Crippen LogP contribution in [0.15, 0.2) is 54.6 Å². The van der Waals surface area contributed by atoms with E-state index in [1.54, 1.807) is 0 Å².